The van der Waals surface area contributed by atoms with E-state index in [9.17, 15) is 9.59 Å². The number of hydrogen-bond donors (Lipinski definition) is 3. The summed E-state index contributed by atoms with van der Waals surface area (Å²) in [4.78, 5) is 27.1. The van der Waals surface area contributed by atoms with Crippen molar-refractivity contribution in [3.05, 3.63) is 75.6 Å². The molecule has 0 unspecified atom stereocenters. The Balaban J connectivity index is 1.65. The number of para-hydroxylation sites is 1. The summed E-state index contributed by atoms with van der Waals surface area (Å²) >= 11 is 0. The third-order valence-corrected chi connectivity index (χ3v) is 4.34. The van der Waals surface area contributed by atoms with Crippen molar-refractivity contribution in [1.82, 2.24) is 10.3 Å². The lowest BCUT2D eigenvalue weighted by Crippen LogP contribution is -2.31. The zero-order valence-electron chi connectivity index (χ0n) is 14.3. The normalized spacial score (nSPS) is 10.6. The van der Waals surface area contributed by atoms with E-state index < -0.39 is 0 Å². The first-order chi connectivity index (χ1) is 12.0. The molecule has 0 fully saturated rings. The lowest BCUT2D eigenvalue weighted by atomic mass is 10.0. The molecule has 1 aromatic heterocycles. The van der Waals surface area contributed by atoms with Crippen LogP contribution in [0.3, 0.4) is 0 Å². The summed E-state index contributed by atoms with van der Waals surface area (Å²) in [6, 6.07) is 14.9. The molecule has 0 aliphatic carbocycles. The number of hydrogen-bond acceptors (Lipinski definition) is 2. The van der Waals surface area contributed by atoms with Crippen molar-refractivity contribution in [2.75, 3.05) is 11.9 Å². The second-order valence-electron chi connectivity index (χ2n) is 6.09. The maximum Gasteiger partial charge on any atom is 0.319 e. The Kier molecular flexibility index (Phi) is 4.84. The summed E-state index contributed by atoms with van der Waals surface area (Å²) in [5.74, 6) is 0. The number of urea groups is 1. The molecule has 0 aliphatic rings. The van der Waals surface area contributed by atoms with Crippen LogP contribution in [0.2, 0.25) is 0 Å². The Morgan fingerprint density at radius 3 is 2.60 bits per heavy atom. The zero-order chi connectivity index (χ0) is 17.8. The van der Waals surface area contributed by atoms with Gasteiger partial charge in [0.05, 0.1) is 5.52 Å². The van der Waals surface area contributed by atoms with Gasteiger partial charge < -0.3 is 15.6 Å². The van der Waals surface area contributed by atoms with Crippen molar-refractivity contribution < 1.29 is 4.79 Å². The van der Waals surface area contributed by atoms with E-state index in [1.807, 2.05) is 62.4 Å². The van der Waals surface area contributed by atoms with Gasteiger partial charge in [-0.2, -0.15) is 0 Å². The minimum Gasteiger partial charge on any atom is -0.338 e. The van der Waals surface area contributed by atoms with E-state index in [-0.39, 0.29) is 11.6 Å². The van der Waals surface area contributed by atoms with Crippen LogP contribution in [0.4, 0.5) is 10.5 Å². The quantitative estimate of drug-likeness (QED) is 0.682. The lowest BCUT2D eigenvalue weighted by Gasteiger charge is -2.09. The molecular formula is C20H21N3O2. The molecular weight excluding hydrogens is 314 g/mol. The number of carbonyl (C=O) groups is 1. The van der Waals surface area contributed by atoms with Gasteiger partial charge in [-0.15, -0.1) is 0 Å². The standard InChI is InChI=1S/C20H21N3O2/c1-13-8-9-15-12-16(19(24)23-18(15)14(13)2)10-11-21-20(25)22-17-6-4-3-5-7-17/h3-9,12H,10-11H2,1-2H3,(H,23,24)(H2,21,22,25). The Morgan fingerprint density at radius 1 is 1.08 bits per heavy atom. The van der Waals surface area contributed by atoms with Crippen LogP contribution in [-0.4, -0.2) is 17.6 Å². The number of aryl methyl sites for hydroxylation is 2. The highest BCUT2D eigenvalue weighted by Gasteiger charge is 2.07. The van der Waals surface area contributed by atoms with Crippen LogP contribution in [0, 0.1) is 13.8 Å². The minimum atomic E-state index is -0.283. The smallest absolute Gasteiger partial charge is 0.319 e. The van der Waals surface area contributed by atoms with E-state index in [4.69, 9.17) is 0 Å². The number of benzene rings is 2. The molecule has 2 amide bonds. The van der Waals surface area contributed by atoms with E-state index in [1.54, 1.807) is 0 Å². The van der Waals surface area contributed by atoms with E-state index in [0.717, 1.165) is 27.7 Å². The van der Waals surface area contributed by atoms with Gasteiger partial charge >= 0.3 is 6.03 Å². The molecule has 128 valence electrons. The molecule has 3 N–H and O–H groups in total. The second kappa shape index (κ2) is 7.21. The molecule has 0 aliphatic heterocycles. The predicted octanol–water partition coefficient (Wildman–Crippen LogP) is 3.51. The molecule has 0 bridgehead atoms. The van der Waals surface area contributed by atoms with Gasteiger partial charge in [-0.3, -0.25) is 4.79 Å². The Labute approximate surface area is 146 Å². The number of fused-ring (bicyclic) bond motifs is 1. The summed E-state index contributed by atoms with van der Waals surface area (Å²) in [7, 11) is 0. The first-order valence-electron chi connectivity index (χ1n) is 8.26. The van der Waals surface area contributed by atoms with E-state index in [2.05, 4.69) is 15.6 Å². The second-order valence-corrected chi connectivity index (χ2v) is 6.09. The lowest BCUT2D eigenvalue weighted by molar-refractivity contribution is 0.252. The van der Waals surface area contributed by atoms with Crippen LogP contribution in [0.5, 0.6) is 0 Å². The van der Waals surface area contributed by atoms with Crippen molar-refractivity contribution in [3.63, 3.8) is 0 Å². The Morgan fingerprint density at radius 2 is 1.84 bits per heavy atom. The first kappa shape index (κ1) is 16.8. The minimum absolute atomic E-state index is 0.105. The average Bonchev–Trinajstić information content (AvgIpc) is 2.60. The fraction of sp³-hybridized carbons (Fsp3) is 0.200. The number of anilines is 1. The number of pyridine rings is 1. The maximum atomic E-state index is 12.3. The highest BCUT2D eigenvalue weighted by molar-refractivity contribution is 5.89. The summed E-state index contributed by atoms with van der Waals surface area (Å²) < 4.78 is 0. The van der Waals surface area contributed by atoms with Crippen LogP contribution in [0.15, 0.2) is 53.3 Å². The largest absolute Gasteiger partial charge is 0.338 e. The molecule has 0 spiro atoms. The fourth-order valence-corrected chi connectivity index (χ4v) is 2.76. The number of nitrogens with one attached hydrogen (secondary N) is 3. The van der Waals surface area contributed by atoms with Gasteiger partial charge in [0.2, 0.25) is 0 Å². The van der Waals surface area contributed by atoms with Crippen LogP contribution < -0.4 is 16.2 Å². The van der Waals surface area contributed by atoms with Crippen molar-refractivity contribution >= 4 is 22.6 Å². The van der Waals surface area contributed by atoms with Gasteiger partial charge in [0, 0.05) is 17.8 Å². The number of amides is 2. The van der Waals surface area contributed by atoms with Crippen LogP contribution in [0.25, 0.3) is 10.9 Å². The van der Waals surface area contributed by atoms with Crippen LogP contribution >= 0.6 is 0 Å². The highest BCUT2D eigenvalue weighted by Crippen LogP contribution is 2.18. The molecule has 0 atom stereocenters. The van der Waals surface area contributed by atoms with E-state index >= 15 is 0 Å². The SMILES string of the molecule is Cc1ccc2cc(CCNC(=O)Nc3ccccc3)c(=O)[nH]c2c1C. The van der Waals surface area contributed by atoms with Gasteiger partial charge in [-0.1, -0.05) is 30.3 Å². The third kappa shape index (κ3) is 3.88. The average molecular weight is 335 g/mol. The maximum absolute atomic E-state index is 12.3. The molecule has 5 nitrogen and oxygen atoms in total. The number of H-pyrrole nitrogens is 1. The van der Waals surface area contributed by atoms with E-state index in [0.29, 0.717) is 18.5 Å². The summed E-state index contributed by atoms with van der Waals surface area (Å²) in [6.07, 6.45) is 0.473. The number of carbonyl (C=O) groups excluding carboxylic acids is 1. The molecule has 3 rings (SSSR count). The molecule has 3 aromatic rings. The molecule has 5 heteroatoms. The third-order valence-electron chi connectivity index (χ3n) is 4.34. The highest BCUT2D eigenvalue weighted by atomic mass is 16.2. The van der Waals surface area contributed by atoms with Crippen LogP contribution in [-0.2, 0) is 6.42 Å². The zero-order valence-corrected chi connectivity index (χ0v) is 14.3. The molecule has 0 saturated carbocycles. The van der Waals surface area contributed by atoms with Gasteiger partial charge in [-0.25, -0.2) is 4.79 Å². The van der Waals surface area contributed by atoms with E-state index in [1.165, 1.54) is 0 Å². The van der Waals surface area contributed by atoms with Gasteiger partial charge in [0.15, 0.2) is 0 Å². The molecule has 0 radical (unpaired) electrons. The van der Waals surface area contributed by atoms with Gasteiger partial charge in [-0.05, 0) is 55.0 Å². The predicted molar refractivity (Wildman–Crippen MR) is 101 cm³/mol. The topological polar surface area (TPSA) is 74.0 Å². The first-order valence-corrected chi connectivity index (χ1v) is 8.26. The summed E-state index contributed by atoms with van der Waals surface area (Å²) in [5, 5.41) is 6.53. The monoisotopic (exact) mass is 335 g/mol. The van der Waals surface area contributed by atoms with Crippen molar-refractivity contribution in [2.45, 2.75) is 20.3 Å². The van der Waals surface area contributed by atoms with Gasteiger partial charge in [0.1, 0.15) is 0 Å². The molecule has 1 heterocycles. The van der Waals surface area contributed by atoms with Crippen molar-refractivity contribution in [3.8, 4) is 0 Å². The molecule has 25 heavy (non-hydrogen) atoms. The summed E-state index contributed by atoms with van der Waals surface area (Å²) in [6.45, 7) is 4.41. The van der Waals surface area contributed by atoms with Crippen molar-refractivity contribution in [1.29, 1.82) is 0 Å². The number of aromatic nitrogens is 1. The van der Waals surface area contributed by atoms with Crippen molar-refractivity contribution in [2.24, 2.45) is 0 Å². The number of aromatic amines is 1. The Bertz CT molecular complexity index is 962. The summed E-state index contributed by atoms with van der Waals surface area (Å²) in [5.41, 5.74) is 4.40. The number of rotatable bonds is 4. The Hall–Kier alpha value is -3.08. The fourth-order valence-electron chi connectivity index (χ4n) is 2.76. The molecule has 2 aromatic carbocycles. The van der Waals surface area contributed by atoms with Gasteiger partial charge in [0.25, 0.3) is 5.56 Å². The molecule has 0 saturated heterocycles. The van der Waals surface area contributed by atoms with Crippen LogP contribution in [0.1, 0.15) is 16.7 Å².